The van der Waals surface area contributed by atoms with Crippen LogP contribution < -0.4 is 0 Å². The van der Waals surface area contributed by atoms with E-state index in [4.69, 9.17) is 4.74 Å². The van der Waals surface area contributed by atoms with Gasteiger partial charge in [-0.3, -0.25) is 0 Å². The Hall–Kier alpha value is 0.177. The van der Waals surface area contributed by atoms with Crippen molar-refractivity contribution in [2.24, 2.45) is 11.8 Å². The van der Waals surface area contributed by atoms with E-state index >= 15 is 0 Å². The molecule has 12 heavy (non-hydrogen) atoms. The van der Waals surface area contributed by atoms with Gasteiger partial charge in [-0.1, -0.05) is 19.6 Å². The highest BCUT2D eigenvalue weighted by atomic mass is 28.3. The van der Waals surface area contributed by atoms with Crippen LogP contribution in [-0.2, 0) is 4.74 Å². The number of ether oxygens (including phenoxy) is 1. The number of hydrogen-bond acceptors (Lipinski definition) is 1. The molecule has 2 aliphatic carbocycles. The zero-order chi connectivity index (χ0) is 8.56. The molecule has 68 valence electrons. The molecule has 2 heteroatoms. The largest absolute Gasteiger partial charge is 0.369 e. The molecule has 0 amide bonds. The molecular weight excluding hydrogens is 164 g/mol. The van der Waals surface area contributed by atoms with Crippen LogP contribution in [0.25, 0.3) is 0 Å². The van der Waals surface area contributed by atoms with Gasteiger partial charge < -0.3 is 4.74 Å². The second kappa shape index (κ2) is 1.83. The van der Waals surface area contributed by atoms with Gasteiger partial charge in [-0.2, -0.15) is 0 Å². The molecule has 2 saturated carbocycles. The summed E-state index contributed by atoms with van der Waals surface area (Å²) in [7, 11) is -1.05. The van der Waals surface area contributed by atoms with Gasteiger partial charge in [0.15, 0.2) is 0 Å². The minimum absolute atomic E-state index is 0.454. The molecule has 0 radical (unpaired) electrons. The third-order valence-corrected chi connectivity index (χ3v) is 7.52. The standard InChI is InChI=1S/C10H18OSi/c1-12(2,3)10-8-5-4-7(6-8)9(10)11-10/h7-9H,4-6H2,1-3H3. The first-order chi connectivity index (χ1) is 5.56. The second-order valence-electron chi connectivity index (χ2n) is 5.85. The van der Waals surface area contributed by atoms with E-state index in [0.29, 0.717) is 11.3 Å². The van der Waals surface area contributed by atoms with E-state index in [2.05, 4.69) is 19.6 Å². The average molecular weight is 182 g/mol. The van der Waals surface area contributed by atoms with Crippen molar-refractivity contribution in [3.8, 4) is 0 Å². The Morgan fingerprint density at radius 2 is 2.00 bits per heavy atom. The third-order valence-electron chi connectivity index (χ3n) is 4.37. The zero-order valence-corrected chi connectivity index (χ0v) is 9.26. The fourth-order valence-electron chi connectivity index (χ4n) is 3.85. The van der Waals surface area contributed by atoms with Crippen LogP contribution in [0.15, 0.2) is 0 Å². The van der Waals surface area contributed by atoms with Crippen LogP contribution in [0.2, 0.25) is 19.6 Å². The molecule has 3 rings (SSSR count). The van der Waals surface area contributed by atoms with Crippen molar-refractivity contribution < 1.29 is 4.74 Å². The van der Waals surface area contributed by atoms with Crippen molar-refractivity contribution in [1.82, 2.24) is 0 Å². The molecule has 1 heterocycles. The van der Waals surface area contributed by atoms with Crippen molar-refractivity contribution in [2.45, 2.75) is 50.2 Å². The van der Waals surface area contributed by atoms with E-state index < -0.39 is 8.07 Å². The summed E-state index contributed by atoms with van der Waals surface area (Å²) >= 11 is 0. The van der Waals surface area contributed by atoms with E-state index in [0.717, 1.165) is 11.8 Å². The first-order valence-corrected chi connectivity index (χ1v) is 8.73. The maximum absolute atomic E-state index is 6.05. The highest BCUT2D eigenvalue weighted by molar-refractivity contribution is 6.80. The van der Waals surface area contributed by atoms with E-state index in [1.807, 2.05) is 0 Å². The van der Waals surface area contributed by atoms with E-state index in [1.54, 1.807) is 0 Å². The minimum atomic E-state index is -1.05. The lowest BCUT2D eigenvalue weighted by molar-refractivity contribution is 0.239. The number of rotatable bonds is 1. The fraction of sp³-hybridized carbons (Fsp3) is 1.00. The Morgan fingerprint density at radius 1 is 1.25 bits per heavy atom. The summed E-state index contributed by atoms with van der Waals surface area (Å²) in [5.74, 6) is 1.92. The van der Waals surface area contributed by atoms with Gasteiger partial charge in [0, 0.05) is 0 Å². The molecule has 0 N–H and O–H groups in total. The summed E-state index contributed by atoms with van der Waals surface area (Å²) in [4.78, 5) is 0. The lowest BCUT2D eigenvalue weighted by Gasteiger charge is -2.30. The summed E-state index contributed by atoms with van der Waals surface area (Å²) in [6, 6.07) is 0. The summed E-state index contributed by atoms with van der Waals surface area (Å²) < 4.78 is 6.05. The van der Waals surface area contributed by atoms with Gasteiger partial charge in [-0.25, -0.2) is 0 Å². The monoisotopic (exact) mass is 182 g/mol. The molecule has 4 atom stereocenters. The molecular formula is C10H18OSi. The molecule has 4 unspecified atom stereocenters. The second-order valence-corrected chi connectivity index (χ2v) is 11.1. The van der Waals surface area contributed by atoms with Gasteiger partial charge in [0.25, 0.3) is 0 Å². The minimum Gasteiger partial charge on any atom is -0.369 e. The molecule has 0 aromatic carbocycles. The number of hydrogen-bond donors (Lipinski definition) is 0. The zero-order valence-electron chi connectivity index (χ0n) is 8.26. The maximum Gasteiger partial charge on any atom is 0.0870 e. The van der Waals surface area contributed by atoms with Crippen LogP contribution in [0, 0.1) is 11.8 Å². The van der Waals surface area contributed by atoms with Crippen molar-refractivity contribution in [1.29, 1.82) is 0 Å². The summed E-state index contributed by atoms with van der Waals surface area (Å²) in [6.45, 7) is 7.44. The molecule has 0 spiro atoms. The predicted molar refractivity (Wildman–Crippen MR) is 51.8 cm³/mol. The molecule has 1 aliphatic heterocycles. The quantitative estimate of drug-likeness (QED) is 0.448. The van der Waals surface area contributed by atoms with Gasteiger partial charge in [-0.15, -0.1) is 0 Å². The molecule has 1 saturated heterocycles. The van der Waals surface area contributed by atoms with Crippen LogP contribution in [0.4, 0.5) is 0 Å². The Morgan fingerprint density at radius 3 is 2.42 bits per heavy atom. The molecule has 0 aromatic rings. The third kappa shape index (κ3) is 0.620. The van der Waals surface area contributed by atoms with E-state index in [9.17, 15) is 0 Å². The van der Waals surface area contributed by atoms with Gasteiger partial charge in [0.05, 0.1) is 19.4 Å². The Kier molecular flexibility index (Phi) is 1.15. The van der Waals surface area contributed by atoms with E-state index in [1.165, 1.54) is 19.3 Å². The van der Waals surface area contributed by atoms with Crippen LogP contribution in [0.3, 0.4) is 0 Å². The van der Waals surface area contributed by atoms with Gasteiger partial charge in [0.1, 0.15) is 0 Å². The summed E-state index contributed by atoms with van der Waals surface area (Å²) in [5, 5.41) is 0.454. The molecule has 2 bridgehead atoms. The van der Waals surface area contributed by atoms with Crippen LogP contribution in [-0.4, -0.2) is 19.4 Å². The lowest BCUT2D eigenvalue weighted by Crippen LogP contribution is -2.47. The first-order valence-electron chi connectivity index (χ1n) is 5.23. The predicted octanol–water partition coefficient (Wildman–Crippen LogP) is 2.43. The van der Waals surface area contributed by atoms with Crippen LogP contribution in [0.5, 0.6) is 0 Å². The Balaban J connectivity index is 1.97. The van der Waals surface area contributed by atoms with Crippen molar-refractivity contribution in [3.05, 3.63) is 0 Å². The Bertz CT molecular complexity index is 232. The van der Waals surface area contributed by atoms with Crippen molar-refractivity contribution in [2.75, 3.05) is 0 Å². The fourth-order valence-corrected chi connectivity index (χ4v) is 6.90. The van der Waals surface area contributed by atoms with Gasteiger partial charge >= 0.3 is 0 Å². The Labute approximate surface area is 75.5 Å². The molecule has 0 aromatic heterocycles. The molecule has 3 fully saturated rings. The highest BCUT2D eigenvalue weighted by Gasteiger charge is 2.75. The normalized spacial score (nSPS) is 55.8. The molecule has 3 aliphatic rings. The van der Waals surface area contributed by atoms with Gasteiger partial charge in [-0.05, 0) is 31.1 Å². The number of epoxide rings is 1. The smallest absolute Gasteiger partial charge is 0.0870 e. The lowest BCUT2D eigenvalue weighted by atomic mass is 10.0. The first kappa shape index (κ1) is 7.57. The SMILES string of the molecule is C[Si](C)(C)C12OC1C1CCC2C1. The summed E-state index contributed by atoms with van der Waals surface area (Å²) in [5.41, 5.74) is 0. The van der Waals surface area contributed by atoms with Gasteiger partial charge in [0.2, 0.25) is 0 Å². The van der Waals surface area contributed by atoms with Crippen LogP contribution >= 0.6 is 0 Å². The topological polar surface area (TPSA) is 12.5 Å². The maximum atomic E-state index is 6.05. The highest BCUT2D eigenvalue weighted by Crippen LogP contribution is 2.67. The van der Waals surface area contributed by atoms with E-state index in [-0.39, 0.29) is 0 Å². The van der Waals surface area contributed by atoms with Crippen molar-refractivity contribution in [3.63, 3.8) is 0 Å². The molecule has 1 nitrogen and oxygen atoms in total. The average Bonchev–Trinajstić information content (AvgIpc) is 2.49. The summed E-state index contributed by atoms with van der Waals surface area (Å²) in [6.07, 6.45) is 5.13. The number of fused-ring (bicyclic) bond motifs is 5. The van der Waals surface area contributed by atoms with Crippen molar-refractivity contribution >= 4 is 8.07 Å². The van der Waals surface area contributed by atoms with Crippen LogP contribution in [0.1, 0.15) is 19.3 Å².